The van der Waals surface area contributed by atoms with Crippen LogP contribution in [0.15, 0.2) is 4.79 Å². The van der Waals surface area contributed by atoms with Crippen LogP contribution in [0.3, 0.4) is 0 Å². The molecule has 10 heteroatoms. The van der Waals surface area contributed by atoms with Gasteiger partial charge in [0.15, 0.2) is 0 Å². The highest BCUT2D eigenvalue weighted by atomic mass is 127. The minimum atomic E-state index is -1.07. The Bertz CT molecular complexity index is 619. The van der Waals surface area contributed by atoms with Gasteiger partial charge in [-0.1, -0.05) is 0 Å². The Balaban J connectivity index is 2.33. The molecule has 2 heterocycles. The Kier molecular flexibility index (Phi) is 4.56. The first-order valence-electron chi connectivity index (χ1n) is 6.24. The fourth-order valence-electron chi connectivity index (χ4n) is 2.31. The molecule has 1 aromatic heterocycles. The molecule has 116 valence electrons. The molecule has 1 atom stereocenters. The highest BCUT2D eigenvalue weighted by Crippen LogP contribution is 2.18. The lowest BCUT2D eigenvalue weighted by atomic mass is 10.2. The molecule has 0 bridgehead atoms. The number of amides is 1. The van der Waals surface area contributed by atoms with E-state index in [1.165, 1.54) is 9.47 Å². The molecule has 9 nitrogen and oxygen atoms in total. The zero-order chi connectivity index (χ0) is 15.7. The molecule has 1 saturated heterocycles. The number of rotatable bonds is 2. The van der Waals surface area contributed by atoms with Gasteiger partial charge in [0.1, 0.15) is 9.39 Å². The number of nitrogen functional groups attached to an aromatic ring is 1. The molecule has 1 fully saturated rings. The maximum Gasteiger partial charge on any atom is 0.407 e. The number of nitrogens with two attached hydrogens (primary N) is 1. The molecule has 0 spiro atoms. The second-order valence-corrected chi connectivity index (χ2v) is 5.81. The van der Waals surface area contributed by atoms with Gasteiger partial charge in [0.25, 0.3) is 5.56 Å². The summed E-state index contributed by atoms with van der Waals surface area (Å²) in [5, 5.41) is 18.4. The van der Waals surface area contributed by atoms with Crippen LogP contribution in [-0.4, -0.2) is 63.0 Å². The smallest absolute Gasteiger partial charge is 0.407 e. The van der Waals surface area contributed by atoms with Gasteiger partial charge in [-0.05, 0) is 22.6 Å². The number of piperazine rings is 1. The summed E-state index contributed by atoms with van der Waals surface area (Å²) < 4.78 is 1.73. The molecule has 0 aliphatic carbocycles. The monoisotopic (exact) mass is 409 g/mol. The number of aliphatic hydroxyl groups is 1. The number of halogens is 1. The zero-order valence-corrected chi connectivity index (χ0v) is 13.5. The van der Waals surface area contributed by atoms with Crippen LogP contribution in [0, 0.1) is 3.57 Å². The summed E-state index contributed by atoms with van der Waals surface area (Å²) in [6.45, 7) is 0.561. The fourth-order valence-corrected chi connectivity index (χ4v) is 2.79. The van der Waals surface area contributed by atoms with Gasteiger partial charge in [0.2, 0.25) is 5.95 Å². The van der Waals surface area contributed by atoms with Crippen molar-refractivity contribution in [2.75, 3.05) is 36.9 Å². The summed E-state index contributed by atoms with van der Waals surface area (Å²) in [5.74, 6) is 0.524. The van der Waals surface area contributed by atoms with Crippen molar-refractivity contribution in [1.29, 1.82) is 0 Å². The van der Waals surface area contributed by atoms with Gasteiger partial charge >= 0.3 is 6.09 Å². The topological polar surface area (TPSA) is 125 Å². The molecule has 0 saturated carbocycles. The zero-order valence-electron chi connectivity index (χ0n) is 11.4. The summed E-state index contributed by atoms with van der Waals surface area (Å²) in [4.78, 5) is 30.3. The Hall–Kier alpha value is -1.56. The molecule has 1 amide bonds. The van der Waals surface area contributed by atoms with E-state index in [0.717, 1.165) is 0 Å². The van der Waals surface area contributed by atoms with Crippen molar-refractivity contribution < 1.29 is 15.0 Å². The number of hydrogen-bond acceptors (Lipinski definition) is 6. The number of anilines is 2. The summed E-state index contributed by atoms with van der Waals surface area (Å²) in [6, 6.07) is -0.561. The van der Waals surface area contributed by atoms with E-state index in [4.69, 9.17) is 10.8 Å². The maximum absolute atomic E-state index is 12.0. The highest BCUT2D eigenvalue weighted by Gasteiger charge is 2.31. The van der Waals surface area contributed by atoms with E-state index in [0.29, 0.717) is 16.1 Å². The van der Waals surface area contributed by atoms with Crippen LogP contribution in [-0.2, 0) is 7.05 Å². The Labute approximate surface area is 134 Å². The normalized spacial score (nSPS) is 18.9. The maximum atomic E-state index is 12.0. The van der Waals surface area contributed by atoms with Crippen molar-refractivity contribution in [3.05, 3.63) is 13.9 Å². The molecule has 0 unspecified atom stereocenters. The molecule has 2 rings (SSSR count). The van der Waals surface area contributed by atoms with Gasteiger partial charge in [0, 0.05) is 26.7 Å². The predicted octanol–water partition coefficient (Wildman–Crippen LogP) is -0.872. The average Bonchev–Trinajstić information content (AvgIpc) is 2.48. The molecule has 0 radical (unpaired) electrons. The lowest BCUT2D eigenvalue weighted by molar-refractivity contribution is 0.0906. The van der Waals surface area contributed by atoms with Crippen LogP contribution in [0.2, 0.25) is 0 Å². The summed E-state index contributed by atoms with van der Waals surface area (Å²) in [7, 11) is 1.59. The average molecular weight is 409 g/mol. The van der Waals surface area contributed by atoms with E-state index >= 15 is 0 Å². The highest BCUT2D eigenvalue weighted by molar-refractivity contribution is 14.1. The molecular formula is C11H16IN5O4. The lowest BCUT2D eigenvalue weighted by Gasteiger charge is -2.39. The van der Waals surface area contributed by atoms with E-state index in [2.05, 4.69) is 4.98 Å². The Morgan fingerprint density at radius 2 is 2.19 bits per heavy atom. The molecule has 21 heavy (non-hydrogen) atoms. The summed E-state index contributed by atoms with van der Waals surface area (Å²) >= 11 is 1.84. The standard InChI is InChI=1S/C11H16IN5O4/c1-15-9(19)7(12)8(13)14-10(15)16-2-3-17(11(20)21)6(4-16)5-18/h6,18H,2-5,13H2,1H3,(H,20,21)/t6-/m1/s1. The van der Waals surface area contributed by atoms with Gasteiger partial charge in [-0.15, -0.1) is 0 Å². The Morgan fingerprint density at radius 1 is 1.52 bits per heavy atom. The molecular weight excluding hydrogens is 393 g/mol. The third kappa shape index (κ3) is 2.90. The van der Waals surface area contributed by atoms with E-state index in [-0.39, 0.29) is 31.1 Å². The van der Waals surface area contributed by atoms with E-state index in [9.17, 15) is 14.7 Å². The number of aliphatic hydroxyl groups excluding tert-OH is 1. The second kappa shape index (κ2) is 6.05. The molecule has 1 aliphatic heterocycles. The number of carboxylic acid groups (broad SMARTS) is 1. The van der Waals surface area contributed by atoms with Crippen LogP contribution >= 0.6 is 22.6 Å². The van der Waals surface area contributed by atoms with Crippen LogP contribution in [0.25, 0.3) is 0 Å². The first-order chi connectivity index (χ1) is 9.86. The van der Waals surface area contributed by atoms with E-state index < -0.39 is 12.1 Å². The second-order valence-electron chi connectivity index (χ2n) is 4.73. The van der Waals surface area contributed by atoms with Crippen molar-refractivity contribution in [3.8, 4) is 0 Å². The molecule has 1 aromatic rings. The summed E-state index contributed by atoms with van der Waals surface area (Å²) in [6.07, 6.45) is -1.07. The first-order valence-corrected chi connectivity index (χ1v) is 7.32. The van der Waals surface area contributed by atoms with Crippen LogP contribution in [0.4, 0.5) is 16.6 Å². The van der Waals surface area contributed by atoms with Gasteiger partial charge < -0.3 is 20.8 Å². The fraction of sp³-hybridized carbons (Fsp3) is 0.545. The van der Waals surface area contributed by atoms with Gasteiger partial charge in [-0.25, -0.2) is 4.79 Å². The number of aromatic nitrogens is 2. The van der Waals surface area contributed by atoms with Crippen molar-refractivity contribution in [2.24, 2.45) is 7.05 Å². The van der Waals surface area contributed by atoms with Gasteiger partial charge in [-0.3, -0.25) is 14.3 Å². The quantitative estimate of drug-likeness (QED) is 0.543. The molecule has 4 N–H and O–H groups in total. The summed E-state index contributed by atoms with van der Waals surface area (Å²) in [5.41, 5.74) is 5.48. The number of hydrogen-bond donors (Lipinski definition) is 3. The van der Waals surface area contributed by atoms with E-state index in [1.54, 1.807) is 11.9 Å². The predicted molar refractivity (Wildman–Crippen MR) is 84.4 cm³/mol. The molecule has 1 aliphatic rings. The van der Waals surface area contributed by atoms with Crippen molar-refractivity contribution in [1.82, 2.24) is 14.5 Å². The number of carbonyl (C=O) groups is 1. The third-order valence-electron chi connectivity index (χ3n) is 3.46. The first kappa shape index (κ1) is 15.8. The van der Waals surface area contributed by atoms with Crippen molar-refractivity contribution in [2.45, 2.75) is 6.04 Å². The Morgan fingerprint density at radius 3 is 2.76 bits per heavy atom. The van der Waals surface area contributed by atoms with Crippen LogP contribution in [0.5, 0.6) is 0 Å². The largest absolute Gasteiger partial charge is 0.465 e. The minimum absolute atomic E-state index is 0.148. The van der Waals surface area contributed by atoms with Crippen molar-refractivity contribution in [3.63, 3.8) is 0 Å². The van der Waals surface area contributed by atoms with Gasteiger partial charge in [-0.2, -0.15) is 4.98 Å². The van der Waals surface area contributed by atoms with Crippen LogP contribution < -0.4 is 16.2 Å². The molecule has 0 aromatic carbocycles. The van der Waals surface area contributed by atoms with Gasteiger partial charge in [0.05, 0.1) is 12.6 Å². The minimum Gasteiger partial charge on any atom is -0.465 e. The van der Waals surface area contributed by atoms with Crippen molar-refractivity contribution >= 4 is 40.5 Å². The lowest BCUT2D eigenvalue weighted by Crippen LogP contribution is -2.57. The van der Waals surface area contributed by atoms with E-state index in [1.807, 2.05) is 22.6 Å². The number of nitrogens with zero attached hydrogens (tertiary/aromatic N) is 4. The SMILES string of the molecule is Cn1c(N2CCN(C(=O)O)[C@@H](CO)C2)nc(N)c(I)c1=O. The van der Waals surface area contributed by atoms with Crippen LogP contribution in [0.1, 0.15) is 0 Å². The third-order valence-corrected chi connectivity index (χ3v) is 4.47.